The van der Waals surface area contributed by atoms with E-state index in [1.54, 1.807) is 14.2 Å². The molecule has 0 saturated carbocycles. The molecule has 0 N–H and O–H groups in total. The highest BCUT2D eigenvalue weighted by Crippen LogP contribution is 2.26. The van der Waals surface area contributed by atoms with E-state index in [-0.39, 0.29) is 16.1 Å². The van der Waals surface area contributed by atoms with Crippen LogP contribution in [0.5, 0.6) is 0 Å². The Morgan fingerprint density at radius 3 is 2.19 bits per heavy atom. The summed E-state index contributed by atoms with van der Waals surface area (Å²) in [6.07, 6.45) is 0. The van der Waals surface area contributed by atoms with E-state index in [1.807, 2.05) is 9.80 Å². The van der Waals surface area contributed by atoms with Crippen LogP contribution in [0, 0.1) is 0 Å². The molecule has 6 heteroatoms. The van der Waals surface area contributed by atoms with Crippen LogP contribution in [-0.2, 0) is 9.47 Å². The molecule has 0 aromatic carbocycles. The summed E-state index contributed by atoms with van der Waals surface area (Å²) in [5, 5.41) is 0. The van der Waals surface area contributed by atoms with Crippen molar-refractivity contribution in [3.8, 4) is 0 Å². The molecule has 16 heavy (non-hydrogen) atoms. The predicted octanol–water partition coefficient (Wildman–Crippen LogP) is 1.17. The summed E-state index contributed by atoms with van der Waals surface area (Å²) in [7, 11) is 3.30. The van der Waals surface area contributed by atoms with Crippen molar-refractivity contribution in [2.75, 3.05) is 40.5 Å². The molecule has 1 aliphatic rings. The minimum atomic E-state index is 0.0843. The highest BCUT2D eigenvalue weighted by Gasteiger charge is 2.40. The molecule has 0 spiro atoms. The van der Waals surface area contributed by atoms with Crippen molar-refractivity contribution >= 4 is 28.6 Å². The van der Waals surface area contributed by atoms with Gasteiger partial charge in [-0.25, -0.2) is 4.79 Å². The summed E-state index contributed by atoms with van der Waals surface area (Å²) in [6, 6.07) is 0.307. The van der Waals surface area contributed by atoms with Gasteiger partial charge in [0.2, 0.25) is 0 Å². The second kappa shape index (κ2) is 6.61. The van der Waals surface area contributed by atoms with E-state index >= 15 is 0 Å². The van der Waals surface area contributed by atoms with E-state index in [9.17, 15) is 4.79 Å². The summed E-state index contributed by atoms with van der Waals surface area (Å²) >= 11 is 2.31. The molecule has 1 heterocycles. The molecule has 1 saturated heterocycles. The van der Waals surface area contributed by atoms with Crippen LogP contribution in [0.1, 0.15) is 6.92 Å². The summed E-state index contributed by atoms with van der Waals surface area (Å²) in [5.74, 6) is 0. The van der Waals surface area contributed by atoms with Gasteiger partial charge >= 0.3 is 6.03 Å². The fourth-order valence-electron chi connectivity index (χ4n) is 1.75. The molecule has 0 aromatic rings. The Hall–Kier alpha value is -0.0800. The van der Waals surface area contributed by atoms with Gasteiger partial charge in [-0.3, -0.25) is 0 Å². The number of alkyl halides is 1. The van der Waals surface area contributed by atoms with Gasteiger partial charge in [0.1, 0.15) is 4.05 Å². The number of ether oxygens (including phenoxy) is 2. The number of nitrogens with zero attached hydrogens (tertiary/aromatic N) is 2. The first-order valence-electron chi connectivity index (χ1n) is 5.32. The van der Waals surface area contributed by atoms with Crippen LogP contribution in [0.15, 0.2) is 0 Å². The van der Waals surface area contributed by atoms with Gasteiger partial charge in [0.25, 0.3) is 0 Å². The summed E-state index contributed by atoms with van der Waals surface area (Å²) in [6.45, 7) is 4.53. The Balaban J connectivity index is 2.58. The fraction of sp³-hybridized carbons (Fsp3) is 0.900. The van der Waals surface area contributed by atoms with E-state index in [2.05, 4.69) is 29.5 Å². The zero-order chi connectivity index (χ0) is 12.1. The maximum Gasteiger partial charge on any atom is 0.321 e. The quantitative estimate of drug-likeness (QED) is 0.413. The monoisotopic (exact) mass is 342 g/mol. The number of hydrogen-bond donors (Lipinski definition) is 0. The van der Waals surface area contributed by atoms with Crippen molar-refractivity contribution in [1.82, 2.24) is 9.80 Å². The molecule has 2 atom stereocenters. The Morgan fingerprint density at radius 1 is 1.19 bits per heavy atom. The lowest BCUT2D eigenvalue weighted by molar-refractivity contribution is 0.138. The van der Waals surface area contributed by atoms with E-state index in [0.29, 0.717) is 26.3 Å². The molecule has 0 bridgehead atoms. The third kappa shape index (κ3) is 2.98. The van der Waals surface area contributed by atoms with Crippen molar-refractivity contribution in [2.45, 2.75) is 17.0 Å². The number of methoxy groups -OCH3 is 2. The second-order valence-corrected chi connectivity index (χ2v) is 5.04. The van der Waals surface area contributed by atoms with Crippen molar-refractivity contribution in [3.63, 3.8) is 0 Å². The Bertz CT molecular complexity index is 218. The van der Waals surface area contributed by atoms with Crippen molar-refractivity contribution in [1.29, 1.82) is 0 Å². The van der Waals surface area contributed by atoms with Gasteiger partial charge in [-0.05, 0) is 6.92 Å². The molecule has 0 radical (unpaired) electrons. The first-order valence-corrected chi connectivity index (χ1v) is 6.57. The van der Waals surface area contributed by atoms with Crippen molar-refractivity contribution in [2.24, 2.45) is 0 Å². The number of amides is 2. The van der Waals surface area contributed by atoms with E-state index < -0.39 is 0 Å². The number of halogens is 1. The van der Waals surface area contributed by atoms with Crippen LogP contribution in [0.4, 0.5) is 4.79 Å². The van der Waals surface area contributed by atoms with Gasteiger partial charge < -0.3 is 19.3 Å². The number of hydrogen-bond acceptors (Lipinski definition) is 3. The number of carbonyl (C=O) groups is 1. The van der Waals surface area contributed by atoms with Crippen LogP contribution in [-0.4, -0.2) is 66.4 Å². The summed E-state index contributed by atoms with van der Waals surface area (Å²) in [4.78, 5) is 15.8. The van der Waals surface area contributed by atoms with Crippen LogP contribution in [0.3, 0.4) is 0 Å². The predicted molar refractivity (Wildman–Crippen MR) is 69.8 cm³/mol. The van der Waals surface area contributed by atoms with Crippen LogP contribution in [0.25, 0.3) is 0 Å². The maximum atomic E-state index is 12.1. The molecule has 1 fully saturated rings. The molecular weight excluding hydrogens is 323 g/mol. The first-order chi connectivity index (χ1) is 7.63. The molecule has 1 aliphatic heterocycles. The molecule has 94 valence electrons. The van der Waals surface area contributed by atoms with Gasteiger partial charge in [-0.2, -0.15) is 0 Å². The molecule has 2 unspecified atom stereocenters. The molecule has 5 nitrogen and oxygen atoms in total. The van der Waals surface area contributed by atoms with Crippen LogP contribution < -0.4 is 0 Å². The minimum Gasteiger partial charge on any atom is -0.383 e. The molecule has 0 aliphatic carbocycles. The lowest BCUT2D eigenvalue weighted by atomic mass is 10.3. The maximum absolute atomic E-state index is 12.1. The smallest absolute Gasteiger partial charge is 0.321 e. The third-order valence-corrected chi connectivity index (χ3v) is 4.46. The van der Waals surface area contributed by atoms with Gasteiger partial charge in [-0.15, -0.1) is 0 Å². The highest BCUT2D eigenvalue weighted by atomic mass is 127. The summed E-state index contributed by atoms with van der Waals surface area (Å²) in [5.41, 5.74) is 0. The second-order valence-electron chi connectivity index (χ2n) is 3.77. The first kappa shape index (κ1) is 14.0. The van der Waals surface area contributed by atoms with Crippen LogP contribution >= 0.6 is 22.6 Å². The number of rotatable bonds is 6. The van der Waals surface area contributed by atoms with Gasteiger partial charge in [0.05, 0.1) is 19.3 Å². The highest BCUT2D eigenvalue weighted by molar-refractivity contribution is 14.1. The topological polar surface area (TPSA) is 42.0 Å². The SMILES string of the molecule is COCCN1C(=O)N(CCOC)C(I)C1C. The van der Waals surface area contributed by atoms with Gasteiger partial charge in [0.15, 0.2) is 0 Å². The Kier molecular flexibility index (Phi) is 5.77. The standard InChI is InChI=1S/C10H19IN2O3/c1-8-9(11)13(5-7-16-3)10(14)12(8)4-6-15-2/h8-9H,4-7H2,1-3H3. The minimum absolute atomic E-state index is 0.0843. The molecular formula is C10H19IN2O3. The number of urea groups is 1. The molecule has 1 rings (SSSR count). The average Bonchev–Trinajstić information content (AvgIpc) is 2.47. The third-order valence-electron chi connectivity index (χ3n) is 2.75. The van der Waals surface area contributed by atoms with E-state index in [0.717, 1.165) is 0 Å². The lowest BCUT2D eigenvalue weighted by Crippen LogP contribution is -2.37. The van der Waals surface area contributed by atoms with Gasteiger partial charge in [-0.1, -0.05) is 22.6 Å². The summed E-state index contributed by atoms with van der Waals surface area (Å²) < 4.78 is 10.2. The van der Waals surface area contributed by atoms with Crippen molar-refractivity contribution < 1.29 is 14.3 Å². The van der Waals surface area contributed by atoms with Crippen molar-refractivity contribution in [3.05, 3.63) is 0 Å². The fourth-order valence-corrected chi connectivity index (χ4v) is 2.66. The van der Waals surface area contributed by atoms with E-state index in [4.69, 9.17) is 9.47 Å². The molecule has 0 aromatic heterocycles. The van der Waals surface area contributed by atoms with Gasteiger partial charge in [0, 0.05) is 27.3 Å². The number of carbonyl (C=O) groups excluding carboxylic acids is 1. The van der Waals surface area contributed by atoms with E-state index in [1.165, 1.54) is 0 Å². The Morgan fingerprint density at radius 2 is 1.69 bits per heavy atom. The zero-order valence-electron chi connectivity index (χ0n) is 9.98. The lowest BCUT2D eigenvalue weighted by Gasteiger charge is -2.19. The zero-order valence-corrected chi connectivity index (χ0v) is 12.1. The van der Waals surface area contributed by atoms with Crippen LogP contribution in [0.2, 0.25) is 0 Å². The largest absolute Gasteiger partial charge is 0.383 e. The Labute approximate surface area is 110 Å². The average molecular weight is 342 g/mol. The molecule has 2 amide bonds. The normalized spacial score (nSPS) is 25.6.